The molecular formula is C15H17N5O3S. The molecule has 2 heterocycles. The van der Waals surface area contributed by atoms with Gasteiger partial charge in [-0.15, -0.1) is 10.2 Å². The predicted molar refractivity (Wildman–Crippen MR) is 88.1 cm³/mol. The van der Waals surface area contributed by atoms with Crippen LogP contribution in [-0.4, -0.2) is 39.4 Å². The van der Waals surface area contributed by atoms with Crippen LogP contribution in [0.4, 0.5) is 0 Å². The molecule has 0 aliphatic rings. The summed E-state index contributed by atoms with van der Waals surface area (Å²) in [6.07, 6.45) is 1.74. The van der Waals surface area contributed by atoms with Crippen molar-refractivity contribution in [2.45, 2.75) is 24.4 Å². The van der Waals surface area contributed by atoms with Gasteiger partial charge in [-0.3, -0.25) is 0 Å². The Balaban J connectivity index is 1.71. The quantitative estimate of drug-likeness (QED) is 0.603. The smallest absolute Gasteiger partial charge is 0.277 e. The van der Waals surface area contributed by atoms with Crippen LogP contribution >= 0.6 is 11.8 Å². The summed E-state index contributed by atoms with van der Waals surface area (Å²) in [4.78, 5) is 1.64. The summed E-state index contributed by atoms with van der Waals surface area (Å²) in [6, 6.07) is 5.44. The van der Waals surface area contributed by atoms with E-state index in [0.717, 1.165) is 17.8 Å². The molecule has 3 aromatic rings. The van der Waals surface area contributed by atoms with Crippen molar-refractivity contribution in [1.82, 2.24) is 25.2 Å². The molecule has 0 atom stereocenters. The molecule has 0 amide bonds. The van der Waals surface area contributed by atoms with Gasteiger partial charge < -0.3 is 13.9 Å². The fourth-order valence-electron chi connectivity index (χ4n) is 2.04. The van der Waals surface area contributed by atoms with Gasteiger partial charge in [0.15, 0.2) is 11.5 Å². The molecule has 0 radical (unpaired) electrons. The number of thioether (sulfide) groups is 1. The average molecular weight is 347 g/mol. The van der Waals surface area contributed by atoms with Crippen molar-refractivity contribution in [3.8, 4) is 23.0 Å². The maximum Gasteiger partial charge on any atom is 0.277 e. The molecule has 1 aromatic carbocycles. The number of methoxy groups -OCH3 is 2. The number of hydrogen-bond acceptors (Lipinski definition) is 8. The van der Waals surface area contributed by atoms with E-state index in [9.17, 15) is 0 Å². The summed E-state index contributed by atoms with van der Waals surface area (Å²) in [5.41, 5.74) is 1.64. The zero-order chi connectivity index (χ0) is 16.9. The highest BCUT2D eigenvalue weighted by molar-refractivity contribution is 7.98. The fourth-order valence-corrected chi connectivity index (χ4v) is 2.68. The van der Waals surface area contributed by atoms with E-state index in [-0.39, 0.29) is 0 Å². The highest BCUT2D eigenvalue weighted by Gasteiger charge is 2.13. The second kappa shape index (κ2) is 7.35. The Kier molecular flexibility index (Phi) is 4.99. The van der Waals surface area contributed by atoms with Gasteiger partial charge in [0, 0.05) is 11.3 Å². The first kappa shape index (κ1) is 16.3. The molecule has 0 N–H and O–H groups in total. The minimum atomic E-state index is 0.427. The Morgan fingerprint density at radius 2 is 2.00 bits per heavy atom. The standard InChI is InChI=1S/C15H17N5O3S/c1-4-20-16-8-11(19-20)9-24-15-18-17-14(23-15)10-5-6-12(21-2)13(7-10)22-3/h5-8H,4,9H2,1-3H3. The third-order valence-corrected chi connectivity index (χ3v) is 4.10. The van der Waals surface area contributed by atoms with Gasteiger partial charge >= 0.3 is 0 Å². The van der Waals surface area contributed by atoms with Gasteiger partial charge in [0.1, 0.15) is 0 Å². The van der Waals surface area contributed by atoms with Crippen LogP contribution in [0.15, 0.2) is 34.0 Å². The first-order chi connectivity index (χ1) is 11.7. The zero-order valence-electron chi connectivity index (χ0n) is 13.6. The van der Waals surface area contributed by atoms with E-state index in [1.165, 1.54) is 11.8 Å². The SMILES string of the molecule is CCn1ncc(CSc2nnc(-c3ccc(OC)c(OC)c3)o2)n1. The van der Waals surface area contributed by atoms with Crippen molar-refractivity contribution in [3.63, 3.8) is 0 Å². The Morgan fingerprint density at radius 3 is 2.71 bits per heavy atom. The summed E-state index contributed by atoms with van der Waals surface area (Å²) in [6.45, 7) is 2.74. The Hall–Kier alpha value is -2.55. The van der Waals surface area contributed by atoms with Crippen LogP contribution < -0.4 is 9.47 Å². The fraction of sp³-hybridized carbons (Fsp3) is 0.333. The molecule has 0 aliphatic carbocycles. The molecule has 0 aliphatic heterocycles. The topological polar surface area (TPSA) is 88.1 Å². The lowest BCUT2D eigenvalue weighted by molar-refractivity contribution is 0.355. The highest BCUT2D eigenvalue weighted by atomic mass is 32.2. The van der Waals surface area contributed by atoms with Crippen LogP contribution in [0.2, 0.25) is 0 Å². The second-order valence-corrected chi connectivity index (χ2v) is 5.68. The van der Waals surface area contributed by atoms with Gasteiger partial charge in [-0.1, -0.05) is 11.8 Å². The van der Waals surface area contributed by atoms with Crippen LogP contribution in [0.3, 0.4) is 0 Å². The van der Waals surface area contributed by atoms with Crippen molar-refractivity contribution in [2.75, 3.05) is 14.2 Å². The largest absolute Gasteiger partial charge is 0.493 e. The number of ether oxygens (including phenoxy) is 2. The minimum absolute atomic E-state index is 0.427. The van der Waals surface area contributed by atoms with Gasteiger partial charge in [-0.2, -0.15) is 15.0 Å². The number of aryl methyl sites for hydroxylation is 1. The number of aromatic nitrogens is 5. The molecule has 8 nitrogen and oxygen atoms in total. The maximum absolute atomic E-state index is 5.69. The van der Waals surface area contributed by atoms with Gasteiger partial charge in [-0.05, 0) is 25.1 Å². The van der Waals surface area contributed by atoms with Gasteiger partial charge in [-0.25, -0.2) is 0 Å². The first-order valence-electron chi connectivity index (χ1n) is 7.31. The van der Waals surface area contributed by atoms with Crippen LogP contribution in [-0.2, 0) is 12.3 Å². The third kappa shape index (κ3) is 3.51. The molecular weight excluding hydrogens is 330 g/mol. The summed E-state index contributed by atoms with van der Waals surface area (Å²) in [5, 5.41) is 17.1. The minimum Gasteiger partial charge on any atom is -0.493 e. The van der Waals surface area contributed by atoms with Crippen molar-refractivity contribution in [3.05, 3.63) is 30.1 Å². The lowest BCUT2D eigenvalue weighted by Crippen LogP contribution is -1.98. The summed E-state index contributed by atoms with van der Waals surface area (Å²) < 4.78 is 16.2. The van der Waals surface area contributed by atoms with Crippen LogP contribution in [0.25, 0.3) is 11.5 Å². The molecule has 0 bridgehead atoms. The number of benzene rings is 1. The van der Waals surface area contributed by atoms with Crippen molar-refractivity contribution in [1.29, 1.82) is 0 Å². The Morgan fingerprint density at radius 1 is 1.17 bits per heavy atom. The summed E-state index contributed by atoms with van der Waals surface area (Å²) in [7, 11) is 3.17. The van der Waals surface area contributed by atoms with E-state index >= 15 is 0 Å². The number of rotatable bonds is 7. The number of nitrogens with zero attached hydrogens (tertiary/aromatic N) is 5. The van der Waals surface area contributed by atoms with E-state index in [4.69, 9.17) is 13.9 Å². The Bertz CT molecular complexity index is 817. The molecule has 2 aromatic heterocycles. The predicted octanol–water partition coefficient (Wildman–Crippen LogP) is 2.66. The lowest BCUT2D eigenvalue weighted by atomic mass is 10.2. The van der Waals surface area contributed by atoms with E-state index in [0.29, 0.717) is 28.4 Å². The molecule has 126 valence electrons. The molecule has 0 unspecified atom stereocenters. The first-order valence-corrected chi connectivity index (χ1v) is 8.29. The lowest BCUT2D eigenvalue weighted by Gasteiger charge is -2.07. The molecule has 0 fully saturated rings. The van der Waals surface area contributed by atoms with Crippen molar-refractivity contribution in [2.24, 2.45) is 0 Å². The van der Waals surface area contributed by atoms with E-state index in [2.05, 4.69) is 20.4 Å². The monoisotopic (exact) mass is 347 g/mol. The van der Waals surface area contributed by atoms with Gasteiger partial charge in [0.2, 0.25) is 5.89 Å². The van der Waals surface area contributed by atoms with Crippen molar-refractivity contribution >= 4 is 11.8 Å². The van der Waals surface area contributed by atoms with Crippen LogP contribution in [0.1, 0.15) is 12.6 Å². The molecule has 0 saturated heterocycles. The highest BCUT2D eigenvalue weighted by Crippen LogP contribution is 2.32. The van der Waals surface area contributed by atoms with Gasteiger partial charge in [0.25, 0.3) is 5.22 Å². The maximum atomic E-state index is 5.69. The third-order valence-electron chi connectivity index (χ3n) is 3.25. The second-order valence-electron chi connectivity index (χ2n) is 4.76. The van der Waals surface area contributed by atoms with Crippen LogP contribution in [0.5, 0.6) is 11.5 Å². The van der Waals surface area contributed by atoms with E-state index in [1.54, 1.807) is 37.3 Å². The number of hydrogen-bond donors (Lipinski definition) is 0. The van der Waals surface area contributed by atoms with Gasteiger partial charge in [0.05, 0.1) is 32.7 Å². The van der Waals surface area contributed by atoms with Crippen LogP contribution in [0, 0.1) is 0 Å². The van der Waals surface area contributed by atoms with E-state index in [1.807, 2.05) is 13.0 Å². The molecule has 9 heteroatoms. The van der Waals surface area contributed by atoms with Crippen molar-refractivity contribution < 1.29 is 13.9 Å². The zero-order valence-corrected chi connectivity index (χ0v) is 14.4. The average Bonchev–Trinajstić information content (AvgIpc) is 3.28. The molecule has 3 rings (SSSR count). The summed E-state index contributed by atoms with van der Waals surface area (Å²) in [5.74, 6) is 2.30. The molecule has 24 heavy (non-hydrogen) atoms. The molecule has 0 saturated carbocycles. The Labute approximate surface area is 143 Å². The normalized spacial score (nSPS) is 10.8. The molecule has 0 spiro atoms. The van der Waals surface area contributed by atoms with E-state index < -0.39 is 0 Å². The summed E-state index contributed by atoms with van der Waals surface area (Å²) >= 11 is 1.42.